The molecule has 1 aromatic carbocycles. The molecule has 20 heavy (non-hydrogen) atoms. The second-order valence-electron chi connectivity index (χ2n) is 4.31. The number of amides is 1. The van der Waals surface area contributed by atoms with E-state index in [1.165, 1.54) is 0 Å². The number of ether oxygens (including phenoxy) is 1. The van der Waals surface area contributed by atoms with Crippen molar-refractivity contribution in [3.63, 3.8) is 0 Å². The van der Waals surface area contributed by atoms with E-state index in [0.717, 1.165) is 5.56 Å². The van der Waals surface area contributed by atoms with Crippen molar-refractivity contribution in [2.75, 3.05) is 20.3 Å². The minimum Gasteiger partial charge on any atom is -0.444 e. The van der Waals surface area contributed by atoms with E-state index in [1.807, 2.05) is 30.3 Å². The van der Waals surface area contributed by atoms with Crippen molar-refractivity contribution in [2.24, 2.45) is 0 Å². The quantitative estimate of drug-likeness (QED) is 0.811. The molecular weight excluding hydrogens is 322 g/mol. The molecule has 1 aromatic heterocycles. The molecule has 0 saturated heterocycles. The van der Waals surface area contributed by atoms with Crippen LogP contribution in [-0.2, 0) is 11.3 Å². The Balaban J connectivity index is 2.12. The largest absolute Gasteiger partial charge is 0.444 e. The van der Waals surface area contributed by atoms with Crippen molar-refractivity contribution in [1.29, 1.82) is 0 Å². The highest BCUT2D eigenvalue weighted by molar-refractivity contribution is 9.10. The second-order valence-corrected chi connectivity index (χ2v) is 5.09. The van der Waals surface area contributed by atoms with E-state index in [-0.39, 0.29) is 5.91 Å². The number of furan rings is 1. The zero-order valence-electron chi connectivity index (χ0n) is 11.2. The number of hydrogen-bond acceptors (Lipinski definition) is 3. The average molecular weight is 338 g/mol. The average Bonchev–Trinajstić information content (AvgIpc) is 2.90. The molecule has 0 fully saturated rings. The number of carbonyl (C=O) groups excluding carboxylic acids is 1. The highest BCUT2D eigenvalue weighted by Gasteiger charge is 2.19. The first-order chi connectivity index (χ1) is 9.70. The molecule has 2 aromatic rings. The van der Waals surface area contributed by atoms with Crippen molar-refractivity contribution in [2.45, 2.75) is 6.54 Å². The third-order valence-electron chi connectivity index (χ3n) is 2.85. The molecule has 106 valence electrons. The molecule has 1 amide bonds. The fraction of sp³-hybridized carbons (Fsp3) is 0.267. The molecule has 0 aliphatic rings. The second kappa shape index (κ2) is 7.26. The summed E-state index contributed by atoms with van der Waals surface area (Å²) in [7, 11) is 1.62. The van der Waals surface area contributed by atoms with E-state index in [9.17, 15) is 4.79 Å². The van der Waals surface area contributed by atoms with Crippen LogP contribution in [0.25, 0.3) is 0 Å². The van der Waals surface area contributed by atoms with E-state index in [0.29, 0.717) is 30.1 Å². The van der Waals surface area contributed by atoms with Gasteiger partial charge >= 0.3 is 0 Å². The zero-order chi connectivity index (χ0) is 14.4. The highest BCUT2D eigenvalue weighted by atomic mass is 79.9. The normalized spacial score (nSPS) is 10.5. The SMILES string of the molecule is COCCN(Cc1ccccc1)C(=O)c1ccc(Br)o1. The number of benzene rings is 1. The number of nitrogens with zero attached hydrogens (tertiary/aromatic N) is 1. The lowest BCUT2D eigenvalue weighted by Gasteiger charge is -2.21. The first kappa shape index (κ1) is 14.8. The van der Waals surface area contributed by atoms with Crippen LogP contribution < -0.4 is 0 Å². The van der Waals surface area contributed by atoms with Gasteiger partial charge in [-0.15, -0.1) is 0 Å². The molecule has 2 rings (SSSR count). The third kappa shape index (κ3) is 3.95. The predicted molar refractivity (Wildman–Crippen MR) is 79.5 cm³/mol. The highest BCUT2D eigenvalue weighted by Crippen LogP contribution is 2.17. The van der Waals surface area contributed by atoms with Gasteiger partial charge in [-0.05, 0) is 33.6 Å². The Morgan fingerprint density at radius 3 is 2.60 bits per heavy atom. The molecule has 1 heterocycles. The van der Waals surface area contributed by atoms with Crippen LogP contribution in [0.1, 0.15) is 16.1 Å². The van der Waals surface area contributed by atoms with Crippen LogP contribution in [0.4, 0.5) is 0 Å². The summed E-state index contributed by atoms with van der Waals surface area (Å²) in [5.74, 6) is 0.181. The number of rotatable bonds is 6. The lowest BCUT2D eigenvalue weighted by Crippen LogP contribution is -2.33. The van der Waals surface area contributed by atoms with E-state index in [2.05, 4.69) is 15.9 Å². The molecule has 0 aliphatic carbocycles. The Bertz CT molecular complexity index is 553. The molecule has 0 N–H and O–H groups in total. The monoisotopic (exact) mass is 337 g/mol. The van der Waals surface area contributed by atoms with E-state index in [4.69, 9.17) is 9.15 Å². The number of hydrogen-bond donors (Lipinski definition) is 0. The summed E-state index contributed by atoms with van der Waals surface area (Å²) in [6.45, 7) is 1.53. The minimum atomic E-state index is -0.142. The molecule has 4 nitrogen and oxygen atoms in total. The standard InChI is InChI=1S/C15H16BrNO3/c1-19-10-9-17(11-12-5-3-2-4-6-12)15(18)13-7-8-14(16)20-13/h2-8H,9-11H2,1H3. The summed E-state index contributed by atoms with van der Waals surface area (Å²) in [5.41, 5.74) is 1.07. The molecule has 0 unspecified atom stereocenters. The molecule has 0 spiro atoms. The van der Waals surface area contributed by atoms with Crippen molar-refractivity contribution >= 4 is 21.8 Å². The summed E-state index contributed by atoms with van der Waals surface area (Å²) >= 11 is 3.21. The van der Waals surface area contributed by atoms with Gasteiger partial charge in [-0.2, -0.15) is 0 Å². The molecule has 0 aliphatic heterocycles. The lowest BCUT2D eigenvalue weighted by atomic mass is 10.2. The maximum absolute atomic E-state index is 12.4. The predicted octanol–water partition coefficient (Wildman–Crippen LogP) is 3.33. The van der Waals surface area contributed by atoms with Gasteiger partial charge in [-0.25, -0.2) is 0 Å². The van der Waals surface area contributed by atoms with Gasteiger partial charge in [-0.1, -0.05) is 30.3 Å². The Morgan fingerprint density at radius 2 is 2.00 bits per heavy atom. The van der Waals surface area contributed by atoms with E-state index < -0.39 is 0 Å². The van der Waals surface area contributed by atoms with E-state index >= 15 is 0 Å². The number of methoxy groups -OCH3 is 1. The minimum absolute atomic E-state index is 0.142. The molecule has 0 atom stereocenters. The van der Waals surface area contributed by atoms with Crippen molar-refractivity contribution < 1.29 is 13.9 Å². The molecule has 0 bridgehead atoms. The van der Waals surface area contributed by atoms with Gasteiger partial charge in [0.05, 0.1) is 6.61 Å². The zero-order valence-corrected chi connectivity index (χ0v) is 12.8. The number of carbonyl (C=O) groups is 1. The topological polar surface area (TPSA) is 42.7 Å². The van der Waals surface area contributed by atoms with Crippen molar-refractivity contribution in [1.82, 2.24) is 4.90 Å². The Labute approximate surface area is 126 Å². The third-order valence-corrected chi connectivity index (χ3v) is 3.28. The Kier molecular flexibility index (Phi) is 5.38. The summed E-state index contributed by atoms with van der Waals surface area (Å²) in [5, 5.41) is 0. The first-order valence-electron chi connectivity index (χ1n) is 6.28. The van der Waals surface area contributed by atoms with Crippen LogP contribution in [0, 0.1) is 0 Å². The van der Waals surface area contributed by atoms with Crippen LogP contribution in [0.5, 0.6) is 0 Å². The summed E-state index contributed by atoms with van der Waals surface area (Å²) < 4.78 is 10.9. The molecule has 0 radical (unpaired) electrons. The first-order valence-corrected chi connectivity index (χ1v) is 7.07. The fourth-order valence-corrected chi connectivity index (χ4v) is 2.15. The van der Waals surface area contributed by atoms with Crippen LogP contribution in [0.2, 0.25) is 0 Å². The van der Waals surface area contributed by atoms with Gasteiger partial charge in [0.2, 0.25) is 0 Å². The van der Waals surface area contributed by atoms with Gasteiger partial charge in [0.25, 0.3) is 5.91 Å². The Morgan fingerprint density at radius 1 is 1.25 bits per heavy atom. The van der Waals surface area contributed by atoms with Crippen LogP contribution in [-0.4, -0.2) is 31.1 Å². The Hall–Kier alpha value is -1.59. The maximum atomic E-state index is 12.4. The smallest absolute Gasteiger partial charge is 0.289 e. The van der Waals surface area contributed by atoms with Gasteiger partial charge in [-0.3, -0.25) is 4.79 Å². The number of halogens is 1. The lowest BCUT2D eigenvalue weighted by molar-refractivity contribution is 0.0648. The molecule has 0 saturated carbocycles. The van der Waals surface area contributed by atoms with Gasteiger partial charge in [0.1, 0.15) is 0 Å². The van der Waals surface area contributed by atoms with Crippen LogP contribution in [0.15, 0.2) is 51.6 Å². The maximum Gasteiger partial charge on any atom is 0.289 e. The van der Waals surface area contributed by atoms with Gasteiger partial charge in [0.15, 0.2) is 10.4 Å². The summed E-state index contributed by atoms with van der Waals surface area (Å²) in [6.07, 6.45) is 0. The fourth-order valence-electron chi connectivity index (χ4n) is 1.84. The van der Waals surface area contributed by atoms with Crippen molar-refractivity contribution in [3.8, 4) is 0 Å². The summed E-state index contributed by atoms with van der Waals surface area (Å²) in [6, 6.07) is 13.2. The van der Waals surface area contributed by atoms with Crippen molar-refractivity contribution in [3.05, 3.63) is 58.5 Å². The summed E-state index contributed by atoms with van der Waals surface area (Å²) in [4.78, 5) is 14.1. The molecule has 5 heteroatoms. The van der Waals surface area contributed by atoms with E-state index in [1.54, 1.807) is 24.1 Å². The van der Waals surface area contributed by atoms with Gasteiger partial charge < -0.3 is 14.1 Å². The van der Waals surface area contributed by atoms with Crippen LogP contribution >= 0.6 is 15.9 Å². The molecular formula is C15H16BrNO3. The van der Waals surface area contributed by atoms with Crippen LogP contribution in [0.3, 0.4) is 0 Å². The van der Waals surface area contributed by atoms with Gasteiger partial charge in [0, 0.05) is 20.2 Å².